The van der Waals surface area contributed by atoms with E-state index in [-0.39, 0.29) is 10.9 Å². The van der Waals surface area contributed by atoms with Crippen LogP contribution in [0.3, 0.4) is 0 Å². The third kappa shape index (κ3) is 4.46. The lowest BCUT2D eigenvalue weighted by Crippen LogP contribution is -2.12. The molecule has 0 saturated carbocycles. The molecule has 5 heteroatoms. The highest BCUT2D eigenvalue weighted by Crippen LogP contribution is 2.20. The van der Waals surface area contributed by atoms with Crippen LogP contribution in [0, 0.1) is 5.82 Å². The molecule has 0 fully saturated rings. The molecule has 0 aliphatic carbocycles. The lowest BCUT2D eigenvalue weighted by molar-refractivity contribution is 0.102. The van der Waals surface area contributed by atoms with Crippen LogP contribution in [0.5, 0.6) is 5.75 Å². The summed E-state index contributed by atoms with van der Waals surface area (Å²) in [6.07, 6.45) is 2.01. The number of hydrogen-bond acceptors (Lipinski definition) is 2. The van der Waals surface area contributed by atoms with Crippen molar-refractivity contribution in [2.24, 2.45) is 0 Å². The number of unbranched alkanes of at least 4 members (excludes halogenated alkanes) is 1. The average Bonchev–Trinajstić information content (AvgIpc) is 2.51. The van der Waals surface area contributed by atoms with Gasteiger partial charge < -0.3 is 10.1 Å². The number of benzene rings is 2. The number of carbonyl (C=O) groups is 1. The fraction of sp³-hybridized carbons (Fsp3) is 0.235. The molecule has 0 atom stereocenters. The van der Waals surface area contributed by atoms with Crippen molar-refractivity contribution in [2.75, 3.05) is 11.9 Å². The van der Waals surface area contributed by atoms with E-state index in [1.165, 1.54) is 18.2 Å². The average molecular weight is 322 g/mol. The molecule has 0 heterocycles. The van der Waals surface area contributed by atoms with Crippen LogP contribution in [-0.2, 0) is 0 Å². The summed E-state index contributed by atoms with van der Waals surface area (Å²) in [6.45, 7) is 2.70. The number of hydrogen-bond donors (Lipinski definition) is 1. The van der Waals surface area contributed by atoms with Crippen LogP contribution in [0.25, 0.3) is 0 Å². The lowest BCUT2D eigenvalue weighted by atomic mass is 10.2. The first-order valence-electron chi connectivity index (χ1n) is 7.09. The molecule has 0 spiro atoms. The molecule has 1 N–H and O–H groups in total. The Hall–Kier alpha value is -2.07. The summed E-state index contributed by atoms with van der Waals surface area (Å²) in [7, 11) is 0. The van der Waals surface area contributed by atoms with Gasteiger partial charge in [0.1, 0.15) is 11.6 Å². The zero-order valence-corrected chi connectivity index (χ0v) is 13.0. The molecule has 0 bridgehead atoms. The fourth-order valence-corrected chi connectivity index (χ4v) is 2.02. The molecule has 3 nitrogen and oxygen atoms in total. The molecule has 116 valence electrons. The summed E-state index contributed by atoms with van der Waals surface area (Å²) in [6, 6.07) is 11.0. The third-order valence-corrected chi connectivity index (χ3v) is 3.33. The highest BCUT2D eigenvalue weighted by molar-refractivity contribution is 6.31. The lowest BCUT2D eigenvalue weighted by Gasteiger charge is -2.09. The molecular formula is C17H17ClFNO2. The van der Waals surface area contributed by atoms with Crippen molar-refractivity contribution in [3.8, 4) is 5.75 Å². The fourth-order valence-electron chi connectivity index (χ4n) is 1.84. The minimum absolute atomic E-state index is 0.0329. The van der Waals surface area contributed by atoms with Crippen LogP contribution in [0.15, 0.2) is 42.5 Å². The van der Waals surface area contributed by atoms with E-state index in [1.807, 2.05) is 0 Å². The monoisotopic (exact) mass is 321 g/mol. The maximum Gasteiger partial charge on any atom is 0.255 e. The van der Waals surface area contributed by atoms with E-state index >= 15 is 0 Å². The van der Waals surface area contributed by atoms with Crippen molar-refractivity contribution in [1.82, 2.24) is 0 Å². The second-order valence-electron chi connectivity index (χ2n) is 4.81. The number of ether oxygens (including phenoxy) is 1. The molecule has 0 saturated heterocycles. The van der Waals surface area contributed by atoms with Gasteiger partial charge in [0, 0.05) is 11.3 Å². The Balaban J connectivity index is 2.05. The Morgan fingerprint density at radius 3 is 2.82 bits per heavy atom. The molecule has 0 unspecified atom stereocenters. The van der Waals surface area contributed by atoms with Gasteiger partial charge >= 0.3 is 0 Å². The van der Waals surface area contributed by atoms with Crippen LogP contribution >= 0.6 is 11.6 Å². The second kappa shape index (κ2) is 7.80. The molecule has 22 heavy (non-hydrogen) atoms. The number of rotatable bonds is 6. The summed E-state index contributed by atoms with van der Waals surface area (Å²) in [5, 5.41) is 2.64. The summed E-state index contributed by atoms with van der Waals surface area (Å²) in [4.78, 5) is 12.2. The van der Waals surface area contributed by atoms with Crippen molar-refractivity contribution >= 4 is 23.2 Å². The molecule has 1 amide bonds. The molecule has 0 aliphatic heterocycles. The number of carbonyl (C=O) groups excluding carboxylic acids is 1. The van der Waals surface area contributed by atoms with Gasteiger partial charge in [0.25, 0.3) is 5.91 Å². The van der Waals surface area contributed by atoms with Crippen LogP contribution < -0.4 is 10.1 Å². The minimum atomic E-state index is -0.522. The molecule has 2 aromatic rings. The zero-order valence-electron chi connectivity index (χ0n) is 12.2. The highest BCUT2D eigenvalue weighted by Gasteiger charge is 2.09. The molecule has 2 rings (SSSR count). The van der Waals surface area contributed by atoms with Crippen LogP contribution in [0.1, 0.15) is 30.1 Å². The Morgan fingerprint density at radius 1 is 1.27 bits per heavy atom. The van der Waals surface area contributed by atoms with Gasteiger partial charge in [-0.15, -0.1) is 0 Å². The van der Waals surface area contributed by atoms with Gasteiger partial charge in [-0.25, -0.2) is 4.39 Å². The quantitative estimate of drug-likeness (QED) is 0.768. The van der Waals surface area contributed by atoms with E-state index in [1.54, 1.807) is 24.3 Å². The van der Waals surface area contributed by atoms with Crippen molar-refractivity contribution < 1.29 is 13.9 Å². The van der Waals surface area contributed by atoms with Crippen molar-refractivity contribution in [3.05, 3.63) is 58.9 Å². The van der Waals surface area contributed by atoms with E-state index < -0.39 is 5.82 Å². The van der Waals surface area contributed by atoms with Crippen molar-refractivity contribution in [3.63, 3.8) is 0 Å². The Labute approximate surface area is 134 Å². The van der Waals surface area contributed by atoms with E-state index in [0.29, 0.717) is 23.6 Å². The first-order chi connectivity index (χ1) is 10.6. The van der Waals surface area contributed by atoms with E-state index in [4.69, 9.17) is 16.3 Å². The summed E-state index contributed by atoms with van der Waals surface area (Å²) in [5.41, 5.74) is 0.906. The van der Waals surface area contributed by atoms with Crippen molar-refractivity contribution in [2.45, 2.75) is 19.8 Å². The van der Waals surface area contributed by atoms with E-state index in [9.17, 15) is 9.18 Å². The number of nitrogens with one attached hydrogen (secondary N) is 1. The first kappa shape index (κ1) is 16.3. The normalized spacial score (nSPS) is 10.3. The van der Waals surface area contributed by atoms with Crippen LogP contribution in [0.4, 0.5) is 10.1 Å². The minimum Gasteiger partial charge on any atom is -0.494 e. The van der Waals surface area contributed by atoms with Gasteiger partial charge in [-0.05, 0) is 42.8 Å². The maximum atomic E-state index is 13.1. The summed E-state index contributed by atoms with van der Waals surface area (Å²) in [5.74, 6) is -0.173. The molecule has 2 aromatic carbocycles. The third-order valence-electron chi connectivity index (χ3n) is 3.04. The van der Waals surface area contributed by atoms with E-state index in [0.717, 1.165) is 12.8 Å². The maximum absolute atomic E-state index is 13.1. The highest BCUT2D eigenvalue weighted by atomic mass is 35.5. The van der Waals surface area contributed by atoms with Gasteiger partial charge in [0.15, 0.2) is 0 Å². The molecular weight excluding hydrogens is 305 g/mol. The van der Waals surface area contributed by atoms with Crippen LogP contribution in [0.2, 0.25) is 5.02 Å². The van der Waals surface area contributed by atoms with Gasteiger partial charge in [0.2, 0.25) is 0 Å². The van der Waals surface area contributed by atoms with Crippen LogP contribution in [-0.4, -0.2) is 12.5 Å². The number of halogens is 2. The molecule has 0 aromatic heterocycles. The SMILES string of the molecule is CCCCOc1cccc(C(=O)Nc2ccc(F)c(Cl)c2)c1. The van der Waals surface area contributed by atoms with Gasteiger partial charge in [-0.2, -0.15) is 0 Å². The van der Waals surface area contributed by atoms with Gasteiger partial charge in [-0.1, -0.05) is 31.0 Å². The Bertz CT molecular complexity index is 661. The molecule has 0 radical (unpaired) electrons. The van der Waals surface area contributed by atoms with Crippen molar-refractivity contribution in [1.29, 1.82) is 0 Å². The number of amides is 1. The summed E-state index contributed by atoms with van der Waals surface area (Å²) < 4.78 is 18.7. The predicted octanol–water partition coefficient (Wildman–Crippen LogP) is 4.91. The second-order valence-corrected chi connectivity index (χ2v) is 5.22. The topological polar surface area (TPSA) is 38.3 Å². The Kier molecular flexibility index (Phi) is 5.78. The standard InChI is InChI=1S/C17H17ClFNO2/c1-2-3-9-22-14-6-4-5-12(10-14)17(21)20-13-7-8-16(19)15(18)11-13/h4-8,10-11H,2-3,9H2,1H3,(H,20,21). The molecule has 0 aliphatic rings. The van der Waals surface area contributed by atoms with Gasteiger partial charge in [0.05, 0.1) is 11.6 Å². The summed E-state index contributed by atoms with van der Waals surface area (Å²) >= 11 is 5.69. The number of anilines is 1. The first-order valence-corrected chi connectivity index (χ1v) is 7.47. The van der Waals surface area contributed by atoms with E-state index in [2.05, 4.69) is 12.2 Å². The Morgan fingerprint density at radius 2 is 2.09 bits per heavy atom. The smallest absolute Gasteiger partial charge is 0.255 e. The van der Waals surface area contributed by atoms with Gasteiger partial charge in [-0.3, -0.25) is 4.79 Å². The predicted molar refractivity (Wildman–Crippen MR) is 86.2 cm³/mol. The zero-order chi connectivity index (χ0) is 15.9. The largest absolute Gasteiger partial charge is 0.494 e.